The lowest BCUT2D eigenvalue weighted by molar-refractivity contribution is -0.384. The second kappa shape index (κ2) is 9.92. The maximum absolute atomic E-state index is 12.7. The van der Waals surface area contributed by atoms with Gasteiger partial charge in [0.25, 0.3) is 23.4 Å². The van der Waals surface area contributed by atoms with E-state index < -0.39 is 22.6 Å². The van der Waals surface area contributed by atoms with Gasteiger partial charge in [0.15, 0.2) is 0 Å². The number of benzene rings is 3. The molecule has 1 heterocycles. The Hall–Kier alpha value is -4.28. The zero-order valence-electron chi connectivity index (χ0n) is 18.1. The molecule has 176 valence electrons. The summed E-state index contributed by atoms with van der Waals surface area (Å²) >= 11 is 7.37. The number of fused-ring (bicyclic) bond motifs is 1. The second-order valence-electron chi connectivity index (χ2n) is 7.49. The van der Waals surface area contributed by atoms with Crippen LogP contribution in [0.1, 0.15) is 36.0 Å². The number of carbonyl (C=O) groups is 3. The van der Waals surface area contributed by atoms with Gasteiger partial charge < -0.3 is 5.32 Å². The number of rotatable bonds is 5. The molecular formula is C24H17ClN4O5S. The highest BCUT2D eigenvalue weighted by molar-refractivity contribution is 7.21. The van der Waals surface area contributed by atoms with E-state index in [9.17, 15) is 24.5 Å². The smallest absolute Gasteiger partial charge is 0.270 e. The quantitative estimate of drug-likeness (QED) is 0.255. The Balaban J connectivity index is 1.39. The number of carbonyl (C=O) groups excluding carboxylic acids is 3. The minimum Gasteiger partial charge on any atom is -0.321 e. The van der Waals surface area contributed by atoms with E-state index in [1.807, 2.05) is 6.92 Å². The number of hydrogen-bond donors (Lipinski definition) is 3. The SMILES string of the molecule is Cc1ccc(C(=O)NNC(=O)c2ccc(NC(=O)c3sc4cc([N+](=O)[O-])ccc4c3Cl)cc2)cc1. The van der Waals surface area contributed by atoms with Crippen LogP contribution >= 0.6 is 22.9 Å². The fourth-order valence-corrected chi connectivity index (χ4v) is 4.61. The lowest BCUT2D eigenvalue weighted by atomic mass is 10.1. The van der Waals surface area contributed by atoms with E-state index in [1.54, 1.807) is 24.3 Å². The Morgan fingerprint density at radius 2 is 1.43 bits per heavy atom. The van der Waals surface area contributed by atoms with Gasteiger partial charge in [-0.2, -0.15) is 0 Å². The zero-order valence-corrected chi connectivity index (χ0v) is 19.7. The summed E-state index contributed by atoms with van der Waals surface area (Å²) in [5.41, 5.74) is 6.69. The van der Waals surface area contributed by atoms with Crippen LogP contribution < -0.4 is 16.2 Å². The Kier molecular flexibility index (Phi) is 6.76. The number of nitrogens with one attached hydrogen (secondary N) is 3. The van der Waals surface area contributed by atoms with Gasteiger partial charge in [-0.1, -0.05) is 29.3 Å². The van der Waals surface area contributed by atoms with Gasteiger partial charge in [-0.3, -0.25) is 35.3 Å². The van der Waals surface area contributed by atoms with Gasteiger partial charge in [-0.25, -0.2) is 0 Å². The van der Waals surface area contributed by atoms with Crippen LogP contribution in [-0.2, 0) is 0 Å². The summed E-state index contributed by atoms with van der Waals surface area (Å²) in [7, 11) is 0. The van der Waals surface area contributed by atoms with Crippen molar-refractivity contribution in [1.29, 1.82) is 0 Å². The second-order valence-corrected chi connectivity index (χ2v) is 8.92. The maximum atomic E-state index is 12.7. The first-order chi connectivity index (χ1) is 16.7. The maximum Gasteiger partial charge on any atom is 0.270 e. The summed E-state index contributed by atoms with van der Waals surface area (Å²) in [6.45, 7) is 1.90. The highest BCUT2D eigenvalue weighted by Gasteiger charge is 2.19. The summed E-state index contributed by atoms with van der Waals surface area (Å²) in [6.07, 6.45) is 0. The zero-order chi connectivity index (χ0) is 25.1. The third kappa shape index (κ3) is 5.29. The fourth-order valence-electron chi connectivity index (χ4n) is 3.17. The molecule has 0 radical (unpaired) electrons. The van der Waals surface area contributed by atoms with Crippen molar-refractivity contribution in [1.82, 2.24) is 10.9 Å². The van der Waals surface area contributed by atoms with Gasteiger partial charge in [-0.05, 0) is 49.4 Å². The molecule has 0 spiro atoms. The number of anilines is 1. The molecule has 4 rings (SSSR count). The van der Waals surface area contributed by atoms with Crippen molar-refractivity contribution < 1.29 is 19.3 Å². The minimum absolute atomic E-state index is 0.0914. The average Bonchev–Trinajstić information content (AvgIpc) is 3.19. The molecule has 0 aliphatic heterocycles. The van der Waals surface area contributed by atoms with Crippen LogP contribution in [0, 0.1) is 17.0 Å². The van der Waals surface area contributed by atoms with Gasteiger partial charge in [-0.15, -0.1) is 11.3 Å². The minimum atomic E-state index is -0.530. The van der Waals surface area contributed by atoms with Gasteiger partial charge in [0.05, 0.1) is 9.95 Å². The van der Waals surface area contributed by atoms with Crippen molar-refractivity contribution >= 4 is 62.1 Å². The monoisotopic (exact) mass is 508 g/mol. The van der Waals surface area contributed by atoms with Crippen LogP contribution in [0.2, 0.25) is 5.02 Å². The normalized spacial score (nSPS) is 10.6. The van der Waals surface area contributed by atoms with Crippen LogP contribution in [0.25, 0.3) is 10.1 Å². The van der Waals surface area contributed by atoms with Gasteiger partial charge in [0.1, 0.15) is 4.88 Å². The van der Waals surface area contributed by atoms with E-state index >= 15 is 0 Å². The first kappa shape index (κ1) is 23.9. The molecule has 0 saturated carbocycles. The predicted molar refractivity (Wildman–Crippen MR) is 134 cm³/mol. The van der Waals surface area contributed by atoms with Crippen LogP contribution in [0.5, 0.6) is 0 Å². The first-order valence-corrected chi connectivity index (χ1v) is 11.4. The summed E-state index contributed by atoms with van der Waals surface area (Å²) < 4.78 is 0.522. The van der Waals surface area contributed by atoms with Crippen molar-refractivity contribution in [3.63, 3.8) is 0 Å². The number of nitro groups is 1. The molecule has 3 N–H and O–H groups in total. The van der Waals surface area contributed by atoms with E-state index in [0.29, 0.717) is 21.3 Å². The van der Waals surface area contributed by atoms with Gasteiger partial charge in [0.2, 0.25) is 0 Å². The van der Waals surface area contributed by atoms with Crippen LogP contribution in [0.3, 0.4) is 0 Å². The number of nitro benzene ring substituents is 1. The lowest BCUT2D eigenvalue weighted by Gasteiger charge is -2.09. The largest absolute Gasteiger partial charge is 0.321 e. The van der Waals surface area contributed by atoms with E-state index in [2.05, 4.69) is 16.2 Å². The van der Waals surface area contributed by atoms with Crippen molar-refractivity contribution in [2.75, 3.05) is 5.32 Å². The third-order valence-corrected chi connectivity index (χ3v) is 6.69. The van der Waals surface area contributed by atoms with Crippen LogP contribution in [0.4, 0.5) is 11.4 Å². The summed E-state index contributed by atoms with van der Waals surface area (Å²) in [4.78, 5) is 47.9. The number of non-ortho nitro benzene ring substituents is 1. The molecule has 4 aromatic rings. The Morgan fingerprint density at radius 1 is 0.857 bits per heavy atom. The lowest BCUT2D eigenvalue weighted by Crippen LogP contribution is -2.41. The molecule has 3 amide bonds. The predicted octanol–water partition coefficient (Wildman–Crippen LogP) is 5.10. The van der Waals surface area contributed by atoms with Crippen LogP contribution in [0.15, 0.2) is 66.7 Å². The molecule has 0 fully saturated rings. The molecule has 0 aliphatic rings. The Labute approximate surface area is 207 Å². The molecule has 0 unspecified atom stereocenters. The molecule has 0 bridgehead atoms. The fraction of sp³-hybridized carbons (Fsp3) is 0.0417. The molecule has 1 aromatic heterocycles. The van der Waals surface area contributed by atoms with Crippen molar-refractivity contribution in [3.05, 3.63) is 103 Å². The number of hydrogen-bond acceptors (Lipinski definition) is 6. The summed E-state index contributed by atoms with van der Waals surface area (Å²) in [6, 6.07) is 17.1. The average molecular weight is 509 g/mol. The molecule has 0 atom stereocenters. The summed E-state index contributed by atoms with van der Waals surface area (Å²) in [5, 5.41) is 14.4. The Bertz CT molecular complexity index is 1470. The number of aryl methyl sites for hydroxylation is 1. The highest BCUT2D eigenvalue weighted by atomic mass is 35.5. The molecule has 3 aromatic carbocycles. The van der Waals surface area contributed by atoms with Crippen molar-refractivity contribution in [2.45, 2.75) is 6.92 Å². The van der Waals surface area contributed by atoms with Crippen molar-refractivity contribution in [3.8, 4) is 0 Å². The van der Waals surface area contributed by atoms with Crippen molar-refractivity contribution in [2.24, 2.45) is 0 Å². The summed E-state index contributed by atoms with van der Waals surface area (Å²) in [5.74, 6) is -1.47. The van der Waals surface area contributed by atoms with E-state index in [0.717, 1.165) is 16.9 Å². The molecule has 11 heteroatoms. The third-order valence-electron chi connectivity index (χ3n) is 5.04. The standard InChI is InChI=1S/C24H17ClN4O5S/c1-13-2-4-14(5-3-13)22(30)27-28-23(31)15-6-8-16(9-7-15)26-24(32)21-20(25)18-11-10-17(29(33)34)12-19(18)35-21/h2-12H,1H3,(H,26,32)(H,27,30)(H,28,31). The molecule has 35 heavy (non-hydrogen) atoms. The van der Waals surface area contributed by atoms with Gasteiger partial charge in [0, 0.05) is 39.0 Å². The highest BCUT2D eigenvalue weighted by Crippen LogP contribution is 2.37. The molecule has 0 saturated heterocycles. The number of thiophene rings is 1. The number of halogens is 1. The molecular weight excluding hydrogens is 492 g/mol. The van der Waals surface area contributed by atoms with E-state index in [-0.39, 0.29) is 21.2 Å². The number of nitrogens with zero attached hydrogens (tertiary/aromatic N) is 1. The van der Waals surface area contributed by atoms with E-state index in [4.69, 9.17) is 11.6 Å². The number of amides is 3. The molecule has 9 nitrogen and oxygen atoms in total. The Morgan fingerprint density at radius 3 is 2.00 bits per heavy atom. The van der Waals surface area contributed by atoms with E-state index in [1.165, 1.54) is 42.5 Å². The topological polar surface area (TPSA) is 130 Å². The van der Waals surface area contributed by atoms with Crippen LogP contribution in [-0.4, -0.2) is 22.6 Å². The molecule has 0 aliphatic carbocycles. The number of hydrazine groups is 1. The first-order valence-electron chi connectivity index (χ1n) is 10.2. The van der Waals surface area contributed by atoms with Gasteiger partial charge >= 0.3 is 0 Å².